The molecule has 6 heteroatoms. The van der Waals surface area contributed by atoms with Crippen molar-refractivity contribution >= 4 is 21.6 Å². The van der Waals surface area contributed by atoms with Crippen LogP contribution in [-0.2, 0) is 0 Å². The Morgan fingerprint density at radius 3 is 2.57 bits per heavy atom. The Morgan fingerprint density at radius 2 is 1.86 bits per heavy atom. The van der Waals surface area contributed by atoms with Crippen LogP contribution in [0, 0.1) is 5.82 Å². The predicted molar refractivity (Wildman–Crippen MR) is 83.2 cm³/mol. The number of benzene rings is 2. The van der Waals surface area contributed by atoms with Gasteiger partial charge in [-0.15, -0.1) is 0 Å². The lowest BCUT2D eigenvalue weighted by Gasteiger charge is -2.06. The molecule has 0 spiro atoms. The fraction of sp³-hybridized carbons (Fsp3) is 0. The second-order valence-electron chi connectivity index (χ2n) is 4.53. The highest BCUT2D eigenvalue weighted by atomic mass is 79.9. The van der Waals surface area contributed by atoms with Crippen LogP contribution in [0.2, 0.25) is 0 Å². The summed E-state index contributed by atoms with van der Waals surface area (Å²) in [7, 11) is 0. The molecule has 4 nitrogen and oxygen atoms in total. The molecule has 0 unspecified atom stereocenters. The minimum atomic E-state index is -0.581. The molecule has 21 heavy (non-hydrogen) atoms. The van der Waals surface area contributed by atoms with E-state index in [4.69, 9.17) is 5.73 Å². The fourth-order valence-corrected chi connectivity index (χ4v) is 2.35. The van der Waals surface area contributed by atoms with E-state index in [-0.39, 0.29) is 17.0 Å². The first kappa shape index (κ1) is 13.6. The Bertz CT molecular complexity index is 799. The van der Waals surface area contributed by atoms with E-state index in [1.807, 2.05) is 24.3 Å². The van der Waals surface area contributed by atoms with E-state index in [9.17, 15) is 9.50 Å². The number of nitrogens with zero attached hydrogens (tertiary/aromatic N) is 1. The molecule has 0 atom stereocenters. The molecule has 0 aliphatic heterocycles. The summed E-state index contributed by atoms with van der Waals surface area (Å²) in [5, 5.41) is 16.8. The summed E-state index contributed by atoms with van der Waals surface area (Å²) in [4.78, 5) is 0. The van der Waals surface area contributed by atoms with Crippen molar-refractivity contribution in [2.75, 3.05) is 5.73 Å². The number of aromatic nitrogens is 2. The molecule has 0 fully saturated rings. The van der Waals surface area contributed by atoms with Crippen LogP contribution >= 0.6 is 15.9 Å². The number of phenols is 1. The minimum absolute atomic E-state index is 0.0973. The molecule has 1 aromatic heterocycles. The quantitative estimate of drug-likeness (QED) is 0.614. The number of hydrogen-bond donors (Lipinski definition) is 3. The number of nitrogens with two attached hydrogens (primary N) is 1. The fourth-order valence-electron chi connectivity index (χ4n) is 2.08. The maximum Gasteiger partial charge on any atom is 0.147 e. The van der Waals surface area contributed by atoms with Crippen molar-refractivity contribution in [3.8, 4) is 28.3 Å². The minimum Gasteiger partial charge on any atom is -0.507 e. The first-order valence-corrected chi connectivity index (χ1v) is 6.94. The summed E-state index contributed by atoms with van der Waals surface area (Å²) >= 11 is 3.37. The Morgan fingerprint density at radius 1 is 1.14 bits per heavy atom. The van der Waals surface area contributed by atoms with E-state index < -0.39 is 5.82 Å². The van der Waals surface area contributed by atoms with Gasteiger partial charge in [-0.2, -0.15) is 5.10 Å². The number of H-pyrrole nitrogens is 1. The largest absolute Gasteiger partial charge is 0.507 e. The van der Waals surface area contributed by atoms with E-state index in [0.717, 1.165) is 16.1 Å². The molecule has 3 aromatic rings. The zero-order valence-corrected chi connectivity index (χ0v) is 12.4. The molecule has 0 saturated carbocycles. The van der Waals surface area contributed by atoms with Crippen LogP contribution in [0.25, 0.3) is 22.5 Å². The lowest BCUT2D eigenvalue weighted by Crippen LogP contribution is -1.95. The SMILES string of the molecule is Nc1c(F)ccc(O)c1-c1cc(-c2ccc(Br)cc2)n[nH]1. The highest BCUT2D eigenvalue weighted by Gasteiger charge is 2.15. The molecule has 106 valence electrons. The highest BCUT2D eigenvalue weighted by molar-refractivity contribution is 9.10. The molecular weight excluding hydrogens is 337 g/mol. The second kappa shape index (κ2) is 5.21. The Balaban J connectivity index is 2.07. The number of aromatic amines is 1. The zero-order valence-electron chi connectivity index (χ0n) is 10.8. The number of anilines is 1. The monoisotopic (exact) mass is 347 g/mol. The first-order chi connectivity index (χ1) is 10.1. The van der Waals surface area contributed by atoms with Gasteiger partial charge >= 0.3 is 0 Å². The molecule has 0 bridgehead atoms. The normalized spacial score (nSPS) is 10.8. The molecule has 0 aliphatic carbocycles. The van der Waals surface area contributed by atoms with Gasteiger partial charge in [0.15, 0.2) is 0 Å². The standard InChI is InChI=1S/C15H11BrFN3O/c16-9-3-1-8(2-4-9)11-7-12(20-19-11)14-13(21)6-5-10(17)15(14)18/h1-7,21H,18H2,(H,19,20). The molecular formula is C15H11BrFN3O. The van der Waals surface area contributed by atoms with Crippen molar-refractivity contribution in [1.82, 2.24) is 10.2 Å². The molecule has 3 rings (SSSR count). The summed E-state index contributed by atoms with van der Waals surface area (Å²) < 4.78 is 14.5. The first-order valence-electron chi connectivity index (χ1n) is 6.15. The average molecular weight is 348 g/mol. The summed E-state index contributed by atoms with van der Waals surface area (Å²) in [5.74, 6) is -0.678. The summed E-state index contributed by atoms with van der Waals surface area (Å²) in [6.45, 7) is 0. The van der Waals surface area contributed by atoms with Crippen LogP contribution in [0.1, 0.15) is 0 Å². The van der Waals surface area contributed by atoms with Crippen molar-refractivity contribution in [1.29, 1.82) is 0 Å². The number of nitrogens with one attached hydrogen (secondary N) is 1. The lowest BCUT2D eigenvalue weighted by molar-refractivity contribution is 0.475. The van der Waals surface area contributed by atoms with Crippen LogP contribution in [0.4, 0.5) is 10.1 Å². The van der Waals surface area contributed by atoms with Gasteiger partial charge in [-0.3, -0.25) is 5.10 Å². The van der Waals surface area contributed by atoms with Gasteiger partial charge in [0, 0.05) is 10.0 Å². The number of nitrogen functional groups attached to an aromatic ring is 1. The van der Waals surface area contributed by atoms with Gasteiger partial charge in [0.25, 0.3) is 0 Å². The van der Waals surface area contributed by atoms with Gasteiger partial charge in [-0.05, 0) is 30.3 Å². The van der Waals surface area contributed by atoms with Crippen LogP contribution in [0.15, 0.2) is 46.9 Å². The van der Waals surface area contributed by atoms with Gasteiger partial charge in [0.2, 0.25) is 0 Å². The number of aromatic hydroxyl groups is 1. The Kier molecular flexibility index (Phi) is 3.39. The van der Waals surface area contributed by atoms with E-state index in [2.05, 4.69) is 26.1 Å². The third-order valence-corrected chi connectivity index (χ3v) is 3.69. The van der Waals surface area contributed by atoms with Crippen molar-refractivity contribution in [2.24, 2.45) is 0 Å². The zero-order chi connectivity index (χ0) is 15.0. The van der Waals surface area contributed by atoms with Crippen molar-refractivity contribution < 1.29 is 9.50 Å². The van der Waals surface area contributed by atoms with Crippen molar-refractivity contribution in [2.45, 2.75) is 0 Å². The highest BCUT2D eigenvalue weighted by Crippen LogP contribution is 2.36. The number of halogens is 2. The molecule has 2 aromatic carbocycles. The number of hydrogen-bond acceptors (Lipinski definition) is 3. The lowest BCUT2D eigenvalue weighted by atomic mass is 10.1. The smallest absolute Gasteiger partial charge is 0.147 e. The van der Waals surface area contributed by atoms with Gasteiger partial charge in [0.1, 0.15) is 11.6 Å². The van der Waals surface area contributed by atoms with Crippen molar-refractivity contribution in [3.05, 3.63) is 52.8 Å². The molecule has 0 radical (unpaired) electrons. The molecule has 0 saturated heterocycles. The summed E-state index contributed by atoms with van der Waals surface area (Å²) in [6, 6.07) is 11.7. The molecule has 1 heterocycles. The predicted octanol–water partition coefficient (Wildman–Crippen LogP) is 3.93. The van der Waals surface area contributed by atoms with E-state index in [0.29, 0.717) is 11.4 Å². The maximum absolute atomic E-state index is 13.5. The van der Waals surface area contributed by atoms with Gasteiger partial charge in [0.05, 0.1) is 22.6 Å². The van der Waals surface area contributed by atoms with Crippen molar-refractivity contribution in [3.63, 3.8) is 0 Å². The Labute approximate surface area is 128 Å². The Hall–Kier alpha value is -2.34. The van der Waals surface area contributed by atoms with Gasteiger partial charge < -0.3 is 10.8 Å². The van der Waals surface area contributed by atoms with Crippen LogP contribution in [-0.4, -0.2) is 15.3 Å². The van der Waals surface area contributed by atoms with Gasteiger partial charge in [-0.1, -0.05) is 28.1 Å². The van der Waals surface area contributed by atoms with Gasteiger partial charge in [-0.25, -0.2) is 4.39 Å². The van der Waals surface area contributed by atoms with Crippen LogP contribution in [0.3, 0.4) is 0 Å². The van der Waals surface area contributed by atoms with Crippen LogP contribution < -0.4 is 5.73 Å². The topological polar surface area (TPSA) is 74.9 Å². The van der Waals surface area contributed by atoms with Crippen LogP contribution in [0.5, 0.6) is 5.75 Å². The number of phenolic OH excluding ortho intramolecular Hbond substituents is 1. The second-order valence-corrected chi connectivity index (χ2v) is 5.44. The van der Waals surface area contributed by atoms with E-state index in [1.54, 1.807) is 6.07 Å². The third kappa shape index (κ3) is 2.50. The molecule has 0 aliphatic rings. The van der Waals surface area contributed by atoms with E-state index >= 15 is 0 Å². The summed E-state index contributed by atoms with van der Waals surface area (Å²) in [5.41, 5.74) is 7.84. The molecule has 0 amide bonds. The maximum atomic E-state index is 13.5. The van der Waals surface area contributed by atoms with E-state index in [1.165, 1.54) is 6.07 Å². The third-order valence-electron chi connectivity index (χ3n) is 3.16. The number of rotatable bonds is 2. The molecule has 4 N–H and O–H groups in total. The summed E-state index contributed by atoms with van der Waals surface area (Å²) in [6.07, 6.45) is 0. The average Bonchev–Trinajstić information content (AvgIpc) is 2.94.